The van der Waals surface area contributed by atoms with Gasteiger partial charge in [-0.1, -0.05) is 52.4 Å². The molecule has 2 atom stereocenters. The van der Waals surface area contributed by atoms with Crippen LogP contribution in [0.5, 0.6) is 0 Å². The number of nitrogens with one attached hydrogen (secondary N) is 1. The van der Waals surface area contributed by atoms with Crippen molar-refractivity contribution in [3.8, 4) is 0 Å². The van der Waals surface area contributed by atoms with E-state index in [2.05, 4.69) is 15.5 Å². The Morgan fingerprint density at radius 1 is 1.09 bits per heavy atom. The van der Waals surface area contributed by atoms with Gasteiger partial charge >= 0.3 is 0 Å². The summed E-state index contributed by atoms with van der Waals surface area (Å²) < 4.78 is 10.8. The number of rotatable bonds is 11. The number of aromatic nitrogens is 2. The van der Waals surface area contributed by atoms with Crippen LogP contribution in [0.2, 0.25) is 0 Å². The highest BCUT2D eigenvalue weighted by Crippen LogP contribution is 2.31. The average molecular weight is 463 g/mol. The molecular formula is C24H38N4O5. The molecule has 9 heteroatoms. The number of carbonyl (C=O) groups excluding carboxylic acids is 3. The van der Waals surface area contributed by atoms with Crippen molar-refractivity contribution in [1.82, 2.24) is 20.4 Å². The zero-order valence-corrected chi connectivity index (χ0v) is 20.0. The molecule has 1 aromatic rings. The summed E-state index contributed by atoms with van der Waals surface area (Å²) in [7, 11) is 0. The molecule has 9 nitrogen and oxygen atoms in total. The topological polar surface area (TPSA) is 115 Å². The SMILES string of the molecule is CCCC(NC(=O)C(CC(=O)N1CCOCC1)CC1CCCCC1)C(=O)c1nnc(CC)o1. The van der Waals surface area contributed by atoms with E-state index < -0.39 is 12.0 Å². The van der Waals surface area contributed by atoms with Crippen molar-refractivity contribution in [2.24, 2.45) is 11.8 Å². The van der Waals surface area contributed by atoms with Crippen LogP contribution in [0.25, 0.3) is 0 Å². The Morgan fingerprint density at radius 2 is 1.82 bits per heavy atom. The van der Waals surface area contributed by atoms with Crippen LogP contribution in [0.3, 0.4) is 0 Å². The molecule has 2 unspecified atom stereocenters. The Hall–Kier alpha value is -2.29. The monoisotopic (exact) mass is 462 g/mol. The van der Waals surface area contributed by atoms with E-state index in [1.165, 1.54) is 19.3 Å². The smallest absolute Gasteiger partial charge is 0.286 e. The quantitative estimate of drug-likeness (QED) is 0.503. The fourth-order valence-corrected chi connectivity index (χ4v) is 4.75. The van der Waals surface area contributed by atoms with Gasteiger partial charge in [-0.05, 0) is 18.8 Å². The second-order valence-corrected chi connectivity index (χ2v) is 9.20. The van der Waals surface area contributed by atoms with Crippen LogP contribution in [-0.4, -0.2) is 65.0 Å². The number of nitrogens with zero attached hydrogens (tertiary/aromatic N) is 3. The first-order valence-corrected chi connectivity index (χ1v) is 12.5. The molecule has 1 N–H and O–H groups in total. The summed E-state index contributed by atoms with van der Waals surface area (Å²) in [6.45, 7) is 6.01. The Bertz CT molecular complexity index is 784. The molecule has 1 aromatic heterocycles. The van der Waals surface area contributed by atoms with Crippen molar-refractivity contribution in [2.45, 2.75) is 84.1 Å². The summed E-state index contributed by atoms with van der Waals surface area (Å²) in [5.74, 6) is -0.306. The minimum atomic E-state index is -0.736. The van der Waals surface area contributed by atoms with Gasteiger partial charge < -0.3 is 19.4 Å². The van der Waals surface area contributed by atoms with E-state index in [-0.39, 0.29) is 29.9 Å². The maximum atomic E-state index is 13.4. The zero-order valence-electron chi connectivity index (χ0n) is 20.0. The fourth-order valence-electron chi connectivity index (χ4n) is 4.75. The van der Waals surface area contributed by atoms with Gasteiger partial charge in [0.25, 0.3) is 5.89 Å². The summed E-state index contributed by atoms with van der Waals surface area (Å²) in [5, 5.41) is 10.7. The van der Waals surface area contributed by atoms with E-state index in [0.717, 1.165) is 12.8 Å². The van der Waals surface area contributed by atoms with Gasteiger partial charge in [0.1, 0.15) is 0 Å². The molecule has 2 aliphatic rings. The minimum absolute atomic E-state index is 0.0166. The molecule has 1 aliphatic heterocycles. The third-order valence-electron chi connectivity index (χ3n) is 6.69. The molecular weight excluding hydrogens is 424 g/mol. The maximum Gasteiger partial charge on any atom is 0.286 e. The lowest BCUT2D eigenvalue weighted by Crippen LogP contribution is -2.46. The first kappa shape index (κ1) is 25.3. The van der Waals surface area contributed by atoms with Gasteiger partial charge in [0.2, 0.25) is 23.5 Å². The lowest BCUT2D eigenvalue weighted by molar-refractivity contribution is -0.140. The van der Waals surface area contributed by atoms with Crippen molar-refractivity contribution < 1.29 is 23.5 Å². The highest BCUT2D eigenvalue weighted by atomic mass is 16.5. The fraction of sp³-hybridized carbons (Fsp3) is 0.792. The molecule has 2 fully saturated rings. The molecule has 184 valence electrons. The molecule has 1 aliphatic carbocycles. The van der Waals surface area contributed by atoms with Gasteiger partial charge in [0, 0.05) is 31.8 Å². The molecule has 0 spiro atoms. The largest absolute Gasteiger partial charge is 0.418 e. The molecule has 2 amide bonds. The number of hydrogen-bond donors (Lipinski definition) is 1. The second kappa shape index (κ2) is 12.8. The third-order valence-corrected chi connectivity index (χ3v) is 6.69. The van der Waals surface area contributed by atoms with Gasteiger partial charge in [-0.15, -0.1) is 10.2 Å². The second-order valence-electron chi connectivity index (χ2n) is 9.20. The molecule has 33 heavy (non-hydrogen) atoms. The highest BCUT2D eigenvalue weighted by molar-refractivity contribution is 5.99. The van der Waals surface area contributed by atoms with E-state index >= 15 is 0 Å². The van der Waals surface area contributed by atoms with Crippen LogP contribution < -0.4 is 5.32 Å². The van der Waals surface area contributed by atoms with Gasteiger partial charge in [-0.3, -0.25) is 14.4 Å². The standard InChI is InChI=1S/C24H38N4O5/c1-3-8-19(22(30)24-27-26-20(4-2)33-24)25-23(31)18(15-17-9-6-5-7-10-17)16-21(29)28-11-13-32-14-12-28/h17-19H,3-16H2,1-2H3,(H,25,31). The number of ketones is 1. The van der Waals surface area contributed by atoms with Gasteiger partial charge in [-0.25, -0.2) is 0 Å². The minimum Gasteiger partial charge on any atom is -0.418 e. The number of aryl methyl sites for hydroxylation is 1. The predicted octanol–water partition coefficient (Wildman–Crippen LogP) is 2.94. The first-order valence-electron chi connectivity index (χ1n) is 12.5. The van der Waals surface area contributed by atoms with E-state index in [0.29, 0.717) is 63.8 Å². The highest BCUT2D eigenvalue weighted by Gasteiger charge is 2.32. The van der Waals surface area contributed by atoms with Crippen LogP contribution >= 0.6 is 0 Å². The van der Waals surface area contributed by atoms with E-state index in [1.54, 1.807) is 4.90 Å². The number of carbonyl (C=O) groups is 3. The summed E-state index contributed by atoms with van der Waals surface area (Å²) in [4.78, 5) is 41.1. The number of amides is 2. The molecule has 1 saturated carbocycles. The van der Waals surface area contributed by atoms with E-state index in [1.807, 2.05) is 13.8 Å². The Balaban J connectivity index is 1.69. The number of Topliss-reactive ketones (excluding diaryl/α,β-unsaturated/α-hetero) is 1. The lowest BCUT2D eigenvalue weighted by Gasteiger charge is -2.30. The average Bonchev–Trinajstić information content (AvgIpc) is 3.33. The van der Waals surface area contributed by atoms with Crippen molar-refractivity contribution in [2.75, 3.05) is 26.3 Å². The Labute approximate surface area is 196 Å². The van der Waals surface area contributed by atoms with Gasteiger partial charge in [-0.2, -0.15) is 0 Å². The van der Waals surface area contributed by atoms with Crippen LogP contribution in [0.15, 0.2) is 4.42 Å². The van der Waals surface area contributed by atoms with Crippen LogP contribution in [-0.2, 0) is 20.7 Å². The van der Waals surface area contributed by atoms with Crippen molar-refractivity contribution >= 4 is 17.6 Å². The van der Waals surface area contributed by atoms with Crippen molar-refractivity contribution in [1.29, 1.82) is 0 Å². The number of hydrogen-bond acceptors (Lipinski definition) is 7. The first-order chi connectivity index (χ1) is 16.0. The summed E-state index contributed by atoms with van der Waals surface area (Å²) in [5.41, 5.74) is 0. The van der Waals surface area contributed by atoms with Crippen LogP contribution in [0.4, 0.5) is 0 Å². The lowest BCUT2D eigenvalue weighted by atomic mass is 9.81. The summed E-state index contributed by atoms with van der Waals surface area (Å²) in [6, 6.07) is -0.736. The molecule has 0 aromatic carbocycles. The normalized spacial score (nSPS) is 19.2. The van der Waals surface area contributed by atoms with Crippen molar-refractivity contribution in [3.05, 3.63) is 11.8 Å². The Kier molecular flexibility index (Phi) is 9.84. The molecule has 0 bridgehead atoms. The van der Waals surface area contributed by atoms with Gasteiger partial charge in [0.15, 0.2) is 0 Å². The van der Waals surface area contributed by atoms with E-state index in [4.69, 9.17) is 9.15 Å². The number of ether oxygens (including phenoxy) is 1. The summed E-state index contributed by atoms with van der Waals surface area (Å²) >= 11 is 0. The zero-order chi connectivity index (χ0) is 23.6. The molecule has 0 radical (unpaired) electrons. The molecule has 3 rings (SSSR count). The Morgan fingerprint density at radius 3 is 2.45 bits per heavy atom. The molecule has 1 saturated heterocycles. The van der Waals surface area contributed by atoms with E-state index in [9.17, 15) is 14.4 Å². The molecule has 2 heterocycles. The van der Waals surface area contributed by atoms with Gasteiger partial charge in [0.05, 0.1) is 19.3 Å². The van der Waals surface area contributed by atoms with Crippen molar-refractivity contribution in [3.63, 3.8) is 0 Å². The van der Waals surface area contributed by atoms with Crippen LogP contribution in [0.1, 0.15) is 88.2 Å². The maximum absolute atomic E-state index is 13.4. The van der Waals surface area contributed by atoms with Crippen LogP contribution in [0, 0.1) is 11.8 Å². The summed E-state index contributed by atoms with van der Waals surface area (Å²) in [6.07, 6.45) is 8.33. The predicted molar refractivity (Wildman–Crippen MR) is 122 cm³/mol. The number of morpholine rings is 1. The third kappa shape index (κ3) is 7.35.